The highest BCUT2D eigenvalue weighted by Crippen LogP contribution is 2.27. The van der Waals surface area contributed by atoms with Crippen molar-refractivity contribution in [1.29, 1.82) is 0 Å². The van der Waals surface area contributed by atoms with Gasteiger partial charge in [0.05, 0.1) is 6.54 Å². The van der Waals surface area contributed by atoms with Crippen molar-refractivity contribution in [2.75, 3.05) is 18.0 Å². The Morgan fingerprint density at radius 2 is 2.08 bits per heavy atom. The Balaban J connectivity index is 1.45. The number of fused-ring (bicyclic) bond motifs is 2. The lowest BCUT2D eigenvalue weighted by Crippen LogP contribution is -2.39. The minimum absolute atomic E-state index is 0.00331. The summed E-state index contributed by atoms with van der Waals surface area (Å²) in [5.74, 6) is -0.302. The first-order valence-corrected chi connectivity index (χ1v) is 7.98. The van der Waals surface area contributed by atoms with Gasteiger partial charge < -0.3 is 10.2 Å². The molecular weight excluding hydrogens is 320 g/mol. The second-order valence-corrected chi connectivity index (χ2v) is 5.84. The van der Waals surface area contributed by atoms with Crippen LogP contribution in [-0.2, 0) is 11.2 Å². The largest absolute Gasteiger partial charge is 0.340 e. The number of carbonyl (C=O) groups excluding carboxylic acids is 2. The Hall–Kier alpha value is -3.29. The minimum Gasteiger partial charge on any atom is -0.340 e. The van der Waals surface area contributed by atoms with Crippen LogP contribution in [0.4, 0.5) is 5.69 Å². The summed E-state index contributed by atoms with van der Waals surface area (Å²) in [4.78, 5) is 34.5. The highest BCUT2D eigenvalue weighted by atomic mass is 16.2. The predicted octanol–water partition coefficient (Wildman–Crippen LogP) is 0.752. The van der Waals surface area contributed by atoms with Crippen molar-refractivity contribution < 1.29 is 9.59 Å². The zero-order valence-corrected chi connectivity index (χ0v) is 13.6. The third-order valence-corrected chi connectivity index (χ3v) is 4.22. The zero-order chi connectivity index (χ0) is 17.4. The number of hydrogen-bond acceptors (Lipinski definition) is 5. The number of benzene rings is 1. The molecule has 0 spiro atoms. The normalized spacial score (nSPS) is 13.1. The van der Waals surface area contributed by atoms with E-state index in [0.717, 1.165) is 23.4 Å². The Kier molecular flexibility index (Phi) is 3.64. The Morgan fingerprint density at radius 3 is 2.92 bits per heavy atom. The number of nitrogens with zero attached hydrogens (tertiary/aromatic N) is 5. The van der Waals surface area contributed by atoms with E-state index in [2.05, 4.69) is 20.4 Å². The van der Waals surface area contributed by atoms with Gasteiger partial charge >= 0.3 is 0 Å². The Morgan fingerprint density at radius 1 is 1.24 bits per heavy atom. The van der Waals surface area contributed by atoms with Gasteiger partial charge in [-0.1, -0.05) is 18.2 Å². The molecular formula is C17H16N6O2. The third kappa shape index (κ3) is 2.71. The number of aryl methyl sites for hydroxylation is 1. The number of aromatic nitrogens is 4. The van der Waals surface area contributed by atoms with Crippen LogP contribution in [0.5, 0.6) is 0 Å². The maximum atomic E-state index is 12.4. The number of carbonyl (C=O) groups is 2. The van der Waals surface area contributed by atoms with Crippen molar-refractivity contribution in [2.24, 2.45) is 0 Å². The molecule has 0 fully saturated rings. The van der Waals surface area contributed by atoms with Crippen LogP contribution in [0.3, 0.4) is 0 Å². The zero-order valence-electron chi connectivity index (χ0n) is 13.6. The predicted molar refractivity (Wildman–Crippen MR) is 90.4 cm³/mol. The van der Waals surface area contributed by atoms with Crippen molar-refractivity contribution >= 4 is 23.3 Å². The van der Waals surface area contributed by atoms with Gasteiger partial charge in [-0.15, -0.1) is 5.10 Å². The number of nitrogens with one attached hydrogen (secondary N) is 1. The van der Waals surface area contributed by atoms with Crippen molar-refractivity contribution in [3.05, 3.63) is 53.6 Å². The molecule has 1 aliphatic rings. The Labute approximate surface area is 143 Å². The summed E-state index contributed by atoms with van der Waals surface area (Å²) in [5, 5.41) is 6.72. The van der Waals surface area contributed by atoms with E-state index < -0.39 is 5.91 Å². The maximum Gasteiger partial charge on any atom is 0.291 e. The molecule has 3 heterocycles. The molecule has 4 rings (SSSR count). The smallest absolute Gasteiger partial charge is 0.291 e. The van der Waals surface area contributed by atoms with Gasteiger partial charge in [-0.2, -0.15) is 4.98 Å². The molecule has 0 atom stereocenters. The number of hydrogen-bond donors (Lipinski definition) is 1. The lowest BCUT2D eigenvalue weighted by atomic mass is 10.2. The molecule has 3 aromatic rings. The second-order valence-electron chi connectivity index (χ2n) is 5.84. The van der Waals surface area contributed by atoms with E-state index in [-0.39, 0.29) is 18.3 Å². The lowest BCUT2D eigenvalue weighted by molar-refractivity contribution is -0.117. The third-order valence-electron chi connectivity index (χ3n) is 4.22. The summed E-state index contributed by atoms with van der Waals surface area (Å²) in [6, 6.07) is 9.56. The fourth-order valence-electron chi connectivity index (χ4n) is 2.93. The number of rotatable bonds is 3. The van der Waals surface area contributed by atoms with E-state index in [1.165, 1.54) is 4.52 Å². The highest BCUT2D eigenvalue weighted by Gasteiger charge is 2.24. The number of para-hydroxylation sites is 1. The molecule has 0 unspecified atom stereocenters. The van der Waals surface area contributed by atoms with Gasteiger partial charge in [0.2, 0.25) is 11.7 Å². The van der Waals surface area contributed by atoms with E-state index >= 15 is 0 Å². The lowest BCUT2D eigenvalue weighted by Gasteiger charge is -2.17. The molecule has 1 N–H and O–H groups in total. The molecule has 25 heavy (non-hydrogen) atoms. The van der Waals surface area contributed by atoms with Gasteiger partial charge in [-0.25, -0.2) is 9.50 Å². The van der Waals surface area contributed by atoms with Gasteiger partial charge in [0.15, 0.2) is 0 Å². The molecule has 1 aliphatic heterocycles. The maximum absolute atomic E-state index is 12.4. The van der Waals surface area contributed by atoms with E-state index in [1.807, 2.05) is 31.2 Å². The molecule has 2 amide bonds. The van der Waals surface area contributed by atoms with Crippen LogP contribution in [0.2, 0.25) is 0 Å². The summed E-state index contributed by atoms with van der Waals surface area (Å²) >= 11 is 0. The summed E-state index contributed by atoms with van der Waals surface area (Å²) in [6.07, 6.45) is 2.43. The summed E-state index contributed by atoms with van der Waals surface area (Å²) < 4.78 is 1.49. The van der Waals surface area contributed by atoms with Crippen LogP contribution in [0, 0.1) is 6.92 Å². The molecule has 2 aromatic heterocycles. The van der Waals surface area contributed by atoms with E-state index in [9.17, 15) is 9.59 Å². The van der Waals surface area contributed by atoms with Crippen molar-refractivity contribution in [2.45, 2.75) is 13.3 Å². The van der Waals surface area contributed by atoms with Crippen LogP contribution >= 0.6 is 0 Å². The number of anilines is 1. The van der Waals surface area contributed by atoms with E-state index in [0.29, 0.717) is 12.3 Å². The minimum atomic E-state index is -0.495. The molecule has 0 saturated carbocycles. The monoisotopic (exact) mass is 336 g/mol. The molecule has 0 saturated heterocycles. The van der Waals surface area contributed by atoms with Crippen LogP contribution in [0.15, 0.2) is 36.5 Å². The number of amides is 2. The van der Waals surface area contributed by atoms with Gasteiger partial charge in [-0.3, -0.25) is 9.59 Å². The van der Waals surface area contributed by atoms with E-state index in [4.69, 9.17) is 0 Å². The average Bonchev–Trinajstić information content (AvgIpc) is 3.24. The first-order valence-electron chi connectivity index (χ1n) is 7.98. The topological polar surface area (TPSA) is 92.5 Å². The molecule has 0 aliphatic carbocycles. The van der Waals surface area contributed by atoms with Gasteiger partial charge in [0.25, 0.3) is 11.7 Å². The van der Waals surface area contributed by atoms with Crippen LogP contribution in [0.25, 0.3) is 5.78 Å². The molecule has 8 heteroatoms. The molecule has 8 nitrogen and oxygen atoms in total. The quantitative estimate of drug-likeness (QED) is 0.762. The first-order chi connectivity index (χ1) is 12.1. The van der Waals surface area contributed by atoms with Gasteiger partial charge in [-0.05, 0) is 31.0 Å². The standard InChI is InChI=1S/C17H16N6O2/c1-11-6-8-18-17-20-15(21-23(11)17)16(25)19-10-14(24)22-9-7-12-4-2-3-5-13(12)22/h2-6,8H,7,9-10H2,1H3,(H,19,25). The first kappa shape index (κ1) is 15.3. The summed E-state index contributed by atoms with van der Waals surface area (Å²) in [6.45, 7) is 2.37. The fraction of sp³-hybridized carbons (Fsp3) is 0.235. The molecule has 1 aromatic carbocycles. The van der Waals surface area contributed by atoms with Crippen LogP contribution in [0.1, 0.15) is 21.9 Å². The molecule has 126 valence electrons. The highest BCUT2D eigenvalue weighted by molar-refractivity contribution is 6.00. The molecule has 0 radical (unpaired) electrons. The van der Waals surface area contributed by atoms with Crippen molar-refractivity contribution in [3.63, 3.8) is 0 Å². The van der Waals surface area contributed by atoms with Crippen molar-refractivity contribution in [1.82, 2.24) is 24.9 Å². The summed E-state index contributed by atoms with van der Waals surface area (Å²) in [7, 11) is 0. The molecule has 0 bridgehead atoms. The van der Waals surface area contributed by atoms with Crippen molar-refractivity contribution in [3.8, 4) is 0 Å². The van der Waals surface area contributed by atoms with Gasteiger partial charge in [0.1, 0.15) is 0 Å². The average molecular weight is 336 g/mol. The Bertz CT molecular complexity index is 980. The summed E-state index contributed by atoms with van der Waals surface area (Å²) in [5.41, 5.74) is 2.87. The second kappa shape index (κ2) is 5.97. The van der Waals surface area contributed by atoms with Crippen LogP contribution < -0.4 is 10.2 Å². The van der Waals surface area contributed by atoms with Gasteiger partial charge in [0, 0.05) is 24.1 Å². The SMILES string of the molecule is Cc1ccnc2nc(C(=O)NCC(=O)N3CCc4ccccc43)nn12. The van der Waals surface area contributed by atoms with Crippen LogP contribution in [-0.4, -0.2) is 44.5 Å². The van der Waals surface area contributed by atoms with E-state index in [1.54, 1.807) is 17.2 Å². The fourth-order valence-corrected chi connectivity index (χ4v) is 2.93.